The smallest absolute Gasteiger partial charge is 0.225 e. The molecule has 1 fully saturated rings. The van der Waals surface area contributed by atoms with Gasteiger partial charge in [0.15, 0.2) is 5.82 Å². The highest BCUT2D eigenvalue weighted by Gasteiger charge is 2.22. The summed E-state index contributed by atoms with van der Waals surface area (Å²) in [5, 5.41) is 30.1. The van der Waals surface area contributed by atoms with Gasteiger partial charge in [-0.15, -0.1) is 10.2 Å². The zero-order valence-electron chi connectivity index (χ0n) is 45.1. The van der Waals surface area contributed by atoms with Gasteiger partial charge in [-0.05, 0) is 112 Å². The molecule has 0 atom stereocenters. The normalized spacial score (nSPS) is 12.9. The Morgan fingerprint density at radius 1 is 0.584 bits per heavy atom. The number of amides is 2. The van der Waals surface area contributed by atoms with Crippen LogP contribution in [0.2, 0.25) is 0 Å². The molecule has 1 aliphatic rings. The van der Waals surface area contributed by atoms with E-state index in [0.29, 0.717) is 30.7 Å². The molecule has 15 nitrogen and oxygen atoms in total. The number of carbonyl (C=O) groups excluding carboxylic acids is 2. The number of hydrogen-bond donors (Lipinski definition) is 2. The number of aryl methyl sites for hydroxylation is 4. The molecule has 0 radical (unpaired) electrons. The lowest BCUT2D eigenvalue weighted by atomic mass is 10.1. The molecule has 0 saturated carbocycles. The highest BCUT2D eigenvalue weighted by atomic mass is 16.2. The van der Waals surface area contributed by atoms with Crippen LogP contribution in [0.15, 0.2) is 145 Å². The molecular formula is C62H75N13O2. The van der Waals surface area contributed by atoms with Crippen molar-refractivity contribution in [3.05, 3.63) is 162 Å². The summed E-state index contributed by atoms with van der Waals surface area (Å²) in [6, 6.07) is 38.0. The first-order valence-electron chi connectivity index (χ1n) is 27.8. The molecule has 1 saturated heterocycles. The molecule has 5 heterocycles. The fourth-order valence-corrected chi connectivity index (χ4v) is 9.66. The quantitative estimate of drug-likeness (QED) is 0.0375. The number of carbonyl (C=O) groups is 2. The van der Waals surface area contributed by atoms with Crippen molar-refractivity contribution in [2.75, 3.05) is 36.4 Å². The maximum atomic E-state index is 12.9. The summed E-state index contributed by atoms with van der Waals surface area (Å²) >= 11 is 0. The molecule has 0 unspecified atom stereocenters. The number of nitrogens with one attached hydrogen (secondary N) is 2. The number of unbranched alkanes of at least 4 members (excludes halogenated alkanes) is 11. The molecular weight excluding hydrogens is 959 g/mol. The number of nitrogens with zero attached hydrogens (tertiary/aromatic N) is 11. The lowest BCUT2D eigenvalue weighted by molar-refractivity contribution is -0.131. The van der Waals surface area contributed by atoms with Crippen LogP contribution >= 0.6 is 0 Å². The summed E-state index contributed by atoms with van der Waals surface area (Å²) < 4.78 is 3.88. The van der Waals surface area contributed by atoms with E-state index in [1.807, 2.05) is 83.2 Å². The number of benzene rings is 3. The number of hydrogen-bond acceptors (Lipinski definition) is 11. The summed E-state index contributed by atoms with van der Waals surface area (Å²) in [7, 11) is 0. The predicted octanol–water partition coefficient (Wildman–Crippen LogP) is 11.8. The van der Waals surface area contributed by atoms with Gasteiger partial charge in [0.2, 0.25) is 17.8 Å². The zero-order valence-corrected chi connectivity index (χ0v) is 45.1. The van der Waals surface area contributed by atoms with Crippen LogP contribution in [0.4, 0.5) is 17.5 Å². The van der Waals surface area contributed by atoms with Crippen molar-refractivity contribution in [1.82, 2.24) is 44.6 Å². The van der Waals surface area contributed by atoms with Crippen molar-refractivity contribution in [1.29, 1.82) is 5.41 Å². The minimum Gasteiger partial charge on any atom is -0.339 e. The summed E-state index contributed by atoms with van der Waals surface area (Å²) in [4.78, 5) is 43.3. The first-order chi connectivity index (χ1) is 37.8. The molecule has 3 aromatic carbocycles. The van der Waals surface area contributed by atoms with Gasteiger partial charge in [0.25, 0.3) is 0 Å². The Hall–Kier alpha value is -7.94. The van der Waals surface area contributed by atoms with Crippen LogP contribution in [0, 0.1) is 19.3 Å². The zero-order chi connectivity index (χ0) is 53.4. The standard InChI is InChI=1S/C62H75N13O2/c1-48-46-55(63)74(40-23-13-9-5-3-7-11-21-30-58(76)67-56-37-36-54(68-69-56)50-26-17-15-18-27-50)70-60(48)52-32-34-53(35-33-52)66-57-47-49(2)61(51-28-19-16-20-29-51)71-75(57)41-24-14-10-6-4-8-12-22-31-59(77)72-42-44-73(45-43-72)62-64-38-25-39-65-62/h3,7,15-20,25-29,32-39,46-47,63H,4-6,8-14,21-24,30-31,40-45H2,1-2H3,(H,67,69,76)/b7-3+,63-55?,66-57?. The van der Waals surface area contributed by atoms with Gasteiger partial charge >= 0.3 is 0 Å². The van der Waals surface area contributed by atoms with Crippen LogP contribution in [0.25, 0.3) is 33.8 Å². The third kappa shape index (κ3) is 17.0. The summed E-state index contributed by atoms with van der Waals surface area (Å²) in [5.41, 5.74) is 9.80. The number of aromatic nitrogens is 8. The van der Waals surface area contributed by atoms with E-state index >= 15 is 0 Å². The minimum atomic E-state index is -0.0599. The van der Waals surface area contributed by atoms with Gasteiger partial charge in [0.1, 0.15) is 11.0 Å². The molecule has 0 spiro atoms. The van der Waals surface area contributed by atoms with Crippen molar-refractivity contribution in [3.63, 3.8) is 0 Å². The van der Waals surface area contributed by atoms with Crippen LogP contribution in [-0.2, 0) is 22.7 Å². The molecule has 7 aromatic rings. The van der Waals surface area contributed by atoms with E-state index in [9.17, 15) is 9.59 Å². The Morgan fingerprint density at radius 2 is 1.17 bits per heavy atom. The third-order valence-electron chi connectivity index (χ3n) is 14.0. The molecule has 8 rings (SSSR count). The second-order valence-electron chi connectivity index (χ2n) is 20.0. The average molecular weight is 1030 g/mol. The second-order valence-corrected chi connectivity index (χ2v) is 20.0. The largest absolute Gasteiger partial charge is 0.339 e. The SMILES string of the molecule is Cc1cc(=N)n(CCCCC/C=C/CCCC(=O)Nc2ccc(-c3ccccc3)nn2)nc1-c1ccc(N=c2cc(C)c(-c3ccccc3)nn2CCCCCCCCCCC(=O)N2CCN(c3ncccn3)CC2)cc1. The van der Waals surface area contributed by atoms with Crippen LogP contribution in [0.5, 0.6) is 0 Å². The van der Waals surface area contributed by atoms with Gasteiger partial charge < -0.3 is 15.1 Å². The molecule has 0 aliphatic carbocycles. The highest BCUT2D eigenvalue weighted by Crippen LogP contribution is 2.25. The van der Waals surface area contributed by atoms with E-state index in [-0.39, 0.29) is 11.8 Å². The van der Waals surface area contributed by atoms with Crippen molar-refractivity contribution < 1.29 is 9.59 Å². The van der Waals surface area contributed by atoms with E-state index in [4.69, 9.17) is 20.6 Å². The van der Waals surface area contributed by atoms with Crippen molar-refractivity contribution in [2.24, 2.45) is 4.99 Å². The highest BCUT2D eigenvalue weighted by molar-refractivity contribution is 5.89. The Morgan fingerprint density at radius 3 is 1.84 bits per heavy atom. The molecule has 2 amide bonds. The fraction of sp³-hybridized carbons (Fsp3) is 0.387. The molecule has 77 heavy (non-hydrogen) atoms. The lowest BCUT2D eigenvalue weighted by Gasteiger charge is -2.34. The Labute approximate surface area is 453 Å². The molecule has 1 aliphatic heterocycles. The van der Waals surface area contributed by atoms with E-state index in [1.165, 1.54) is 19.3 Å². The van der Waals surface area contributed by atoms with E-state index in [0.717, 1.165) is 165 Å². The predicted molar refractivity (Wildman–Crippen MR) is 306 cm³/mol. The van der Waals surface area contributed by atoms with Gasteiger partial charge in [0.05, 0.1) is 22.8 Å². The molecule has 4 aromatic heterocycles. The maximum absolute atomic E-state index is 12.9. The van der Waals surface area contributed by atoms with E-state index in [1.54, 1.807) is 18.5 Å². The van der Waals surface area contributed by atoms with Crippen molar-refractivity contribution in [2.45, 2.75) is 130 Å². The van der Waals surface area contributed by atoms with Gasteiger partial charge in [-0.3, -0.25) is 15.0 Å². The monoisotopic (exact) mass is 1030 g/mol. The van der Waals surface area contributed by atoms with E-state index in [2.05, 4.69) is 96.6 Å². The lowest BCUT2D eigenvalue weighted by Crippen LogP contribution is -2.49. The van der Waals surface area contributed by atoms with Crippen LogP contribution in [0.3, 0.4) is 0 Å². The maximum Gasteiger partial charge on any atom is 0.225 e. The first-order valence-corrected chi connectivity index (χ1v) is 27.8. The van der Waals surface area contributed by atoms with Crippen molar-refractivity contribution >= 4 is 29.3 Å². The topological polar surface area (TPSA) is 176 Å². The number of anilines is 2. The Balaban J connectivity index is 0.753. The molecule has 2 N–H and O–H groups in total. The van der Waals surface area contributed by atoms with Gasteiger partial charge in [0, 0.05) is 81.2 Å². The molecule has 15 heteroatoms. The summed E-state index contributed by atoms with van der Waals surface area (Å²) in [6.07, 6.45) is 23.4. The first kappa shape index (κ1) is 55.3. The molecule has 400 valence electrons. The second kappa shape index (κ2) is 29.4. The fourth-order valence-electron chi connectivity index (χ4n) is 9.66. The van der Waals surface area contributed by atoms with Crippen LogP contribution in [-0.4, -0.2) is 82.6 Å². The number of piperazine rings is 1. The number of allylic oxidation sites excluding steroid dienone is 2. The minimum absolute atomic E-state index is 0.0599. The summed E-state index contributed by atoms with van der Waals surface area (Å²) in [5.74, 6) is 1.41. The van der Waals surface area contributed by atoms with Crippen molar-refractivity contribution in [3.8, 4) is 33.8 Å². The average Bonchev–Trinajstić information content (AvgIpc) is 3.46. The number of rotatable bonds is 27. The van der Waals surface area contributed by atoms with E-state index < -0.39 is 0 Å². The van der Waals surface area contributed by atoms with Gasteiger partial charge in [-0.25, -0.2) is 24.3 Å². The third-order valence-corrected chi connectivity index (χ3v) is 14.0. The van der Waals surface area contributed by atoms with Crippen LogP contribution < -0.4 is 21.2 Å². The Kier molecular flexibility index (Phi) is 21.1. The van der Waals surface area contributed by atoms with Gasteiger partial charge in [-0.2, -0.15) is 10.2 Å². The summed E-state index contributed by atoms with van der Waals surface area (Å²) in [6.45, 7) is 8.59. The molecule has 0 bridgehead atoms. The van der Waals surface area contributed by atoms with Crippen LogP contribution in [0.1, 0.15) is 114 Å². The van der Waals surface area contributed by atoms with Gasteiger partial charge in [-0.1, -0.05) is 130 Å². The Bertz CT molecular complexity index is 3100.